The minimum atomic E-state index is 1.10. The minimum Gasteiger partial charge on any atom is -0.309 e. The molecule has 0 N–H and O–H groups in total. The summed E-state index contributed by atoms with van der Waals surface area (Å²) >= 11 is 1.86. The first-order chi connectivity index (χ1) is 29.8. The number of rotatable bonds is 8. The highest BCUT2D eigenvalue weighted by Crippen LogP contribution is 2.49. The highest BCUT2D eigenvalue weighted by molar-refractivity contribution is 7.26. The lowest BCUT2D eigenvalue weighted by Gasteiger charge is -2.29. The van der Waals surface area contributed by atoms with Gasteiger partial charge in [0.25, 0.3) is 0 Å². The van der Waals surface area contributed by atoms with Crippen molar-refractivity contribution in [2.45, 2.75) is 0 Å². The van der Waals surface area contributed by atoms with Gasteiger partial charge in [-0.3, -0.25) is 0 Å². The predicted molar refractivity (Wildman–Crippen MR) is 259 cm³/mol. The standard InChI is InChI=1S/C58H39NS/c1-4-17-41(18-5-1)47-38-35-45(39-52(47)43-21-8-3-9-22-43)40-33-36-46(37-34-40)59(54-30-16-32-56-58(54)51-26-11-13-31-55(51)60-56)53-29-12-10-25-49(53)50-28-15-24-44-23-14-27-48(57(44)50)42-19-6-2-7-20-42/h1-39H. The van der Waals surface area contributed by atoms with Crippen LogP contribution in [0.25, 0.3) is 86.6 Å². The molecule has 0 saturated carbocycles. The van der Waals surface area contributed by atoms with Gasteiger partial charge in [0.15, 0.2) is 0 Å². The van der Waals surface area contributed by atoms with E-state index in [-0.39, 0.29) is 0 Å². The molecule has 0 amide bonds. The number of benzene rings is 10. The topological polar surface area (TPSA) is 3.24 Å². The van der Waals surface area contributed by atoms with Gasteiger partial charge in [0.05, 0.1) is 11.4 Å². The molecule has 60 heavy (non-hydrogen) atoms. The molecule has 0 bridgehead atoms. The highest BCUT2D eigenvalue weighted by atomic mass is 32.1. The van der Waals surface area contributed by atoms with E-state index in [9.17, 15) is 0 Å². The van der Waals surface area contributed by atoms with Gasteiger partial charge >= 0.3 is 0 Å². The SMILES string of the molecule is c1ccc(-c2ccc(-c3ccc(N(c4ccccc4-c4cccc5cccc(-c6ccccc6)c45)c4cccc5sc6ccccc6c45)cc3)cc2-c2ccccc2)cc1. The van der Waals surface area contributed by atoms with E-state index in [1.807, 2.05) is 11.3 Å². The van der Waals surface area contributed by atoms with E-state index in [0.29, 0.717) is 0 Å². The Bertz CT molecular complexity index is 3290. The maximum Gasteiger partial charge on any atom is 0.0555 e. The summed E-state index contributed by atoms with van der Waals surface area (Å²) < 4.78 is 2.56. The van der Waals surface area contributed by atoms with Crippen LogP contribution in [0.4, 0.5) is 17.1 Å². The first-order valence-corrected chi connectivity index (χ1v) is 21.3. The van der Waals surface area contributed by atoms with E-state index in [1.54, 1.807) is 0 Å². The first-order valence-electron chi connectivity index (χ1n) is 20.5. The normalized spacial score (nSPS) is 11.3. The number of para-hydroxylation sites is 1. The molecule has 1 aromatic heterocycles. The number of anilines is 3. The van der Waals surface area contributed by atoms with Crippen LogP contribution >= 0.6 is 11.3 Å². The van der Waals surface area contributed by atoms with Crippen LogP contribution < -0.4 is 4.90 Å². The molecule has 282 valence electrons. The van der Waals surface area contributed by atoms with Crippen LogP contribution in [0.15, 0.2) is 237 Å². The molecule has 0 saturated heterocycles. The number of thiophene rings is 1. The Hall–Kier alpha value is -7.52. The summed E-state index contributed by atoms with van der Waals surface area (Å²) in [5.41, 5.74) is 15.4. The molecule has 0 aliphatic rings. The summed E-state index contributed by atoms with van der Waals surface area (Å²) in [7, 11) is 0. The lowest BCUT2D eigenvalue weighted by molar-refractivity contribution is 1.30. The fourth-order valence-corrected chi connectivity index (χ4v) is 10.0. The fourth-order valence-electron chi connectivity index (χ4n) is 8.92. The van der Waals surface area contributed by atoms with Crippen molar-refractivity contribution in [3.05, 3.63) is 237 Å². The van der Waals surface area contributed by atoms with E-state index in [0.717, 1.165) is 17.1 Å². The van der Waals surface area contributed by atoms with Crippen molar-refractivity contribution in [1.29, 1.82) is 0 Å². The Morgan fingerprint density at radius 2 is 0.817 bits per heavy atom. The average molecular weight is 782 g/mol. The zero-order valence-corrected chi connectivity index (χ0v) is 33.7. The smallest absolute Gasteiger partial charge is 0.0555 e. The van der Waals surface area contributed by atoms with Gasteiger partial charge in [-0.2, -0.15) is 0 Å². The van der Waals surface area contributed by atoms with E-state index < -0.39 is 0 Å². The zero-order valence-electron chi connectivity index (χ0n) is 32.9. The Morgan fingerprint density at radius 3 is 1.55 bits per heavy atom. The average Bonchev–Trinajstić information content (AvgIpc) is 3.72. The molecule has 0 radical (unpaired) electrons. The van der Waals surface area contributed by atoms with Crippen molar-refractivity contribution in [3.63, 3.8) is 0 Å². The van der Waals surface area contributed by atoms with E-state index in [1.165, 1.54) is 86.6 Å². The molecule has 0 aliphatic heterocycles. The van der Waals surface area contributed by atoms with Crippen LogP contribution in [-0.4, -0.2) is 0 Å². The predicted octanol–water partition coefficient (Wildman–Crippen LogP) is 17.0. The van der Waals surface area contributed by atoms with E-state index >= 15 is 0 Å². The molecule has 0 spiro atoms. The van der Waals surface area contributed by atoms with Gasteiger partial charge < -0.3 is 4.90 Å². The Labute approximate surface area is 354 Å². The molecule has 1 nitrogen and oxygen atoms in total. The quantitative estimate of drug-likeness (QED) is 0.148. The molecule has 11 aromatic rings. The van der Waals surface area contributed by atoms with Crippen molar-refractivity contribution in [1.82, 2.24) is 0 Å². The molecule has 0 unspecified atom stereocenters. The molecular weight excluding hydrogens is 743 g/mol. The summed E-state index contributed by atoms with van der Waals surface area (Å²) in [6, 6.07) is 86.1. The van der Waals surface area contributed by atoms with Crippen molar-refractivity contribution < 1.29 is 0 Å². The van der Waals surface area contributed by atoms with Crippen LogP contribution in [-0.2, 0) is 0 Å². The molecule has 1 heterocycles. The number of fused-ring (bicyclic) bond motifs is 4. The molecule has 2 heteroatoms. The van der Waals surface area contributed by atoms with Gasteiger partial charge in [0.2, 0.25) is 0 Å². The number of nitrogens with zero attached hydrogens (tertiary/aromatic N) is 1. The van der Waals surface area contributed by atoms with Crippen LogP contribution in [0.3, 0.4) is 0 Å². The van der Waals surface area contributed by atoms with Crippen molar-refractivity contribution in [3.8, 4) is 55.6 Å². The Morgan fingerprint density at radius 1 is 0.283 bits per heavy atom. The van der Waals surface area contributed by atoms with Gasteiger partial charge in [-0.25, -0.2) is 0 Å². The highest BCUT2D eigenvalue weighted by Gasteiger charge is 2.23. The summed E-state index contributed by atoms with van der Waals surface area (Å²) in [6.45, 7) is 0. The monoisotopic (exact) mass is 781 g/mol. The summed E-state index contributed by atoms with van der Waals surface area (Å²) in [5.74, 6) is 0. The lowest BCUT2D eigenvalue weighted by atomic mass is 9.90. The zero-order chi connectivity index (χ0) is 39.8. The van der Waals surface area contributed by atoms with Gasteiger partial charge in [0.1, 0.15) is 0 Å². The third-order valence-corrected chi connectivity index (χ3v) is 12.8. The van der Waals surface area contributed by atoms with Gasteiger partial charge in [-0.05, 0) is 103 Å². The van der Waals surface area contributed by atoms with Crippen molar-refractivity contribution in [2.75, 3.05) is 4.90 Å². The van der Waals surface area contributed by atoms with Crippen LogP contribution in [0.2, 0.25) is 0 Å². The second-order valence-electron chi connectivity index (χ2n) is 15.2. The third kappa shape index (κ3) is 6.35. The van der Waals surface area contributed by atoms with Crippen LogP contribution in [0.5, 0.6) is 0 Å². The van der Waals surface area contributed by atoms with Gasteiger partial charge in [-0.15, -0.1) is 11.3 Å². The maximum atomic E-state index is 2.48. The molecule has 0 fully saturated rings. The number of hydrogen-bond donors (Lipinski definition) is 0. The molecule has 10 aromatic carbocycles. The fraction of sp³-hybridized carbons (Fsp3) is 0. The second kappa shape index (κ2) is 15.3. The first kappa shape index (κ1) is 35.6. The maximum absolute atomic E-state index is 2.48. The Balaban J connectivity index is 1.11. The van der Waals surface area contributed by atoms with Crippen LogP contribution in [0.1, 0.15) is 0 Å². The van der Waals surface area contributed by atoms with E-state index in [4.69, 9.17) is 0 Å². The molecule has 0 atom stereocenters. The van der Waals surface area contributed by atoms with Gasteiger partial charge in [-0.1, -0.05) is 194 Å². The molecule has 0 aliphatic carbocycles. The van der Waals surface area contributed by atoms with Crippen LogP contribution in [0, 0.1) is 0 Å². The third-order valence-electron chi connectivity index (χ3n) is 11.7. The lowest BCUT2D eigenvalue weighted by Crippen LogP contribution is -2.11. The van der Waals surface area contributed by atoms with E-state index in [2.05, 4.69) is 241 Å². The second-order valence-corrected chi connectivity index (χ2v) is 16.3. The van der Waals surface area contributed by atoms with Gasteiger partial charge in [0, 0.05) is 31.4 Å². The molecule has 11 rings (SSSR count). The Kier molecular flexibility index (Phi) is 9.11. The molecular formula is C58H39NS. The largest absolute Gasteiger partial charge is 0.309 e. The van der Waals surface area contributed by atoms with Crippen molar-refractivity contribution >= 4 is 59.3 Å². The summed E-state index contributed by atoms with van der Waals surface area (Å²) in [6.07, 6.45) is 0. The summed E-state index contributed by atoms with van der Waals surface area (Å²) in [4.78, 5) is 2.48. The van der Waals surface area contributed by atoms with Crippen molar-refractivity contribution in [2.24, 2.45) is 0 Å². The summed E-state index contributed by atoms with van der Waals surface area (Å²) in [5, 5.41) is 5.01. The number of hydrogen-bond acceptors (Lipinski definition) is 2. The minimum absolute atomic E-state index is 1.10.